The first kappa shape index (κ1) is 16.2. The maximum Gasteiger partial charge on any atom is 0.181 e. The van der Waals surface area contributed by atoms with Crippen molar-refractivity contribution in [2.24, 2.45) is 0 Å². The van der Waals surface area contributed by atoms with Crippen LogP contribution in [-0.2, 0) is 0 Å². The molecule has 4 aromatic rings. The lowest BCUT2D eigenvalue weighted by atomic mass is 10.1. The molecule has 3 N–H and O–H groups in total. The summed E-state index contributed by atoms with van der Waals surface area (Å²) in [5, 5.41) is 21.0. The topological polar surface area (TPSA) is 99.6 Å². The van der Waals surface area contributed by atoms with Gasteiger partial charge in [0.05, 0.1) is 30.7 Å². The Morgan fingerprint density at radius 2 is 2.00 bits per heavy atom. The van der Waals surface area contributed by atoms with Gasteiger partial charge in [-0.2, -0.15) is 5.10 Å². The van der Waals surface area contributed by atoms with Gasteiger partial charge in [-0.1, -0.05) is 30.3 Å². The van der Waals surface area contributed by atoms with E-state index in [0.717, 1.165) is 22.2 Å². The molecule has 0 spiro atoms. The number of nitrogens with zero attached hydrogens (tertiary/aromatic N) is 4. The summed E-state index contributed by atoms with van der Waals surface area (Å²) < 4.78 is 0. The molecule has 0 amide bonds. The maximum absolute atomic E-state index is 9.72. The first-order chi connectivity index (χ1) is 12.7. The number of rotatable bonds is 5. The molecule has 0 aliphatic carbocycles. The van der Waals surface area contributed by atoms with Crippen molar-refractivity contribution in [3.63, 3.8) is 0 Å². The van der Waals surface area contributed by atoms with E-state index in [2.05, 4.69) is 30.5 Å². The lowest BCUT2D eigenvalue weighted by molar-refractivity contribution is 0.276. The molecular formula is C19H18N6O. The molecule has 0 bridgehead atoms. The number of aliphatic hydroxyl groups excluding tert-OH is 1. The van der Waals surface area contributed by atoms with E-state index in [1.165, 1.54) is 0 Å². The van der Waals surface area contributed by atoms with Crippen LogP contribution in [0.3, 0.4) is 0 Å². The summed E-state index contributed by atoms with van der Waals surface area (Å²) in [6.07, 6.45) is 5.07. The van der Waals surface area contributed by atoms with E-state index in [0.29, 0.717) is 17.2 Å². The Bertz CT molecular complexity index is 1030. The van der Waals surface area contributed by atoms with Gasteiger partial charge in [-0.25, -0.2) is 9.97 Å². The summed E-state index contributed by atoms with van der Waals surface area (Å²) in [4.78, 5) is 13.3. The van der Waals surface area contributed by atoms with Crippen molar-refractivity contribution >= 4 is 16.9 Å². The molecule has 3 aromatic heterocycles. The maximum atomic E-state index is 9.72. The summed E-state index contributed by atoms with van der Waals surface area (Å²) in [5.41, 5.74) is 4.19. The van der Waals surface area contributed by atoms with E-state index in [1.807, 2.05) is 43.3 Å². The molecule has 0 unspecified atom stereocenters. The van der Waals surface area contributed by atoms with Crippen LogP contribution >= 0.6 is 0 Å². The number of aromatic nitrogens is 5. The van der Waals surface area contributed by atoms with Crippen molar-refractivity contribution < 1.29 is 5.11 Å². The van der Waals surface area contributed by atoms with Crippen LogP contribution in [-0.4, -0.2) is 36.9 Å². The molecule has 0 fully saturated rings. The van der Waals surface area contributed by atoms with E-state index >= 15 is 0 Å². The third-order valence-electron chi connectivity index (χ3n) is 4.24. The Kier molecular flexibility index (Phi) is 4.28. The number of hydrogen-bond donors (Lipinski definition) is 3. The van der Waals surface area contributed by atoms with Gasteiger partial charge in [-0.05, 0) is 18.6 Å². The highest BCUT2D eigenvalue weighted by atomic mass is 16.3. The molecule has 4 rings (SSSR count). The van der Waals surface area contributed by atoms with E-state index in [9.17, 15) is 5.11 Å². The Morgan fingerprint density at radius 1 is 1.15 bits per heavy atom. The smallest absolute Gasteiger partial charge is 0.181 e. The quantitative estimate of drug-likeness (QED) is 0.514. The minimum absolute atomic E-state index is 0.0440. The van der Waals surface area contributed by atoms with Crippen LogP contribution in [0.15, 0.2) is 55.0 Å². The third-order valence-corrected chi connectivity index (χ3v) is 4.24. The number of aromatic amines is 1. The van der Waals surface area contributed by atoms with Gasteiger partial charge in [-0.3, -0.25) is 10.1 Å². The van der Waals surface area contributed by atoms with Crippen molar-refractivity contribution in [2.75, 3.05) is 11.9 Å². The van der Waals surface area contributed by atoms with Gasteiger partial charge in [0.15, 0.2) is 5.65 Å². The molecule has 0 saturated carbocycles. The van der Waals surface area contributed by atoms with Gasteiger partial charge in [0, 0.05) is 22.8 Å². The Balaban J connectivity index is 1.64. The summed E-state index contributed by atoms with van der Waals surface area (Å²) in [6, 6.07) is 11.5. The lowest BCUT2D eigenvalue weighted by Crippen LogP contribution is -2.15. The zero-order valence-electron chi connectivity index (χ0n) is 14.2. The molecule has 1 atom stereocenters. The molecule has 0 aliphatic heterocycles. The summed E-state index contributed by atoms with van der Waals surface area (Å²) in [7, 11) is 0. The molecule has 0 radical (unpaired) electrons. The summed E-state index contributed by atoms with van der Waals surface area (Å²) in [5.74, 6) is 0.592. The number of pyridine rings is 1. The van der Waals surface area contributed by atoms with Crippen LogP contribution in [0.1, 0.15) is 17.3 Å². The van der Waals surface area contributed by atoms with Crippen molar-refractivity contribution in [2.45, 2.75) is 13.0 Å². The van der Waals surface area contributed by atoms with Crippen LogP contribution < -0.4 is 5.32 Å². The second kappa shape index (κ2) is 6.89. The highest BCUT2D eigenvalue weighted by Gasteiger charge is 2.12. The fraction of sp³-hybridized carbons (Fsp3) is 0.158. The van der Waals surface area contributed by atoms with Crippen molar-refractivity contribution in [3.8, 4) is 11.3 Å². The SMILES string of the molecule is Cc1[nH]nc2ncc(-c3cncc(N[C@@H](CO)c4ccccc4)n3)cc12. The average Bonchev–Trinajstić information content (AvgIpc) is 3.07. The number of aryl methyl sites for hydroxylation is 1. The van der Waals surface area contributed by atoms with Crippen molar-refractivity contribution in [1.82, 2.24) is 25.1 Å². The molecular weight excluding hydrogens is 328 g/mol. The number of nitrogens with one attached hydrogen (secondary N) is 2. The molecule has 130 valence electrons. The standard InChI is InChI=1S/C19H18N6O/c1-12-15-7-14(8-21-19(15)25-24-12)16-9-20-10-18(22-16)23-17(11-26)13-5-3-2-4-6-13/h2-10,17,26H,11H2,1H3,(H,22,23)(H,21,24,25)/t17-/m0/s1. The Labute approximate surface area is 150 Å². The van der Waals surface area contributed by atoms with Crippen molar-refractivity contribution in [3.05, 3.63) is 66.2 Å². The number of benzene rings is 1. The predicted octanol–water partition coefficient (Wildman–Crippen LogP) is 2.87. The molecule has 7 heteroatoms. The second-order valence-electron chi connectivity index (χ2n) is 6.02. The van der Waals surface area contributed by atoms with Crippen molar-refractivity contribution in [1.29, 1.82) is 0 Å². The minimum Gasteiger partial charge on any atom is -0.394 e. The molecule has 0 aliphatic rings. The summed E-state index contributed by atoms with van der Waals surface area (Å²) in [6.45, 7) is 1.91. The van der Waals surface area contributed by atoms with Gasteiger partial charge in [0.2, 0.25) is 0 Å². The Hall–Kier alpha value is -3.32. The molecule has 7 nitrogen and oxygen atoms in total. The molecule has 26 heavy (non-hydrogen) atoms. The van der Waals surface area contributed by atoms with Crippen LogP contribution in [0, 0.1) is 6.92 Å². The zero-order valence-corrected chi connectivity index (χ0v) is 14.2. The number of hydrogen-bond acceptors (Lipinski definition) is 6. The molecule has 1 aromatic carbocycles. The minimum atomic E-state index is -0.252. The van der Waals surface area contributed by atoms with Crippen LogP contribution in [0.2, 0.25) is 0 Å². The highest BCUT2D eigenvalue weighted by Crippen LogP contribution is 2.23. The molecule has 3 heterocycles. The number of fused-ring (bicyclic) bond motifs is 1. The van der Waals surface area contributed by atoms with Gasteiger partial charge >= 0.3 is 0 Å². The van der Waals surface area contributed by atoms with E-state index in [4.69, 9.17) is 0 Å². The highest BCUT2D eigenvalue weighted by molar-refractivity contribution is 5.82. The van der Waals surface area contributed by atoms with Gasteiger partial charge in [0.1, 0.15) is 5.82 Å². The van der Waals surface area contributed by atoms with Gasteiger partial charge in [-0.15, -0.1) is 0 Å². The first-order valence-electron chi connectivity index (χ1n) is 8.30. The zero-order chi connectivity index (χ0) is 17.9. The predicted molar refractivity (Wildman–Crippen MR) is 99.5 cm³/mol. The fourth-order valence-corrected chi connectivity index (χ4v) is 2.83. The summed E-state index contributed by atoms with van der Waals surface area (Å²) >= 11 is 0. The van der Waals surface area contributed by atoms with Crippen LogP contribution in [0.25, 0.3) is 22.3 Å². The molecule has 0 saturated heterocycles. The second-order valence-corrected chi connectivity index (χ2v) is 6.02. The average molecular weight is 346 g/mol. The number of aliphatic hydroxyl groups is 1. The van der Waals surface area contributed by atoms with E-state index in [-0.39, 0.29) is 12.6 Å². The number of H-pyrrole nitrogens is 1. The normalized spacial score (nSPS) is 12.2. The number of anilines is 1. The monoisotopic (exact) mass is 346 g/mol. The van der Waals surface area contributed by atoms with Crippen LogP contribution in [0.4, 0.5) is 5.82 Å². The largest absolute Gasteiger partial charge is 0.394 e. The van der Waals surface area contributed by atoms with Crippen LogP contribution in [0.5, 0.6) is 0 Å². The van der Waals surface area contributed by atoms with E-state index < -0.39 is 0 Å². The third kappa shape index (κ3) is 3.12. The fourth-order valence-electron chi connectivity index (χ4n) is 2.83. The Morgan fingerprint density at radius 3 is 2.81 bits per heavy atom. The van der Waals surface area contributed by atoms with E-state index in [1.54, 1.807) is 18.6 Å². The van der Waals surface area contributed by atoms with Gasteiger partial charge in [0.25, 0.3) is 0 Å². The van der Waals surface area contributed by atoms with Gasteiger partial charge < -0.3 is 10.4 Å². The first-order valence-corrected chi connectivity index (χ1v) is 8.30. The lowest BCUT2D eigenvalue weighted by Gasteiger charge is -2.17.